The van der Waals surface area contributed by atoms with E-state index in [1.807, 2.05) is 31.2 Å². The molecule has 0 aliphatic carbocycles. The lowest BCUT2D eigenvalue weighted by molar-refractivity contribution is 0.444. The molecular weight excluding hydrogens is 296 g/mol. The van der Waals surface area contributed by atoms with Crippen LogP contribution in [0.25, 0.3) is 0 Å². The quantitative estimate of drug-likeness (QED) is 0.910. The molecular formula is C17H21ClN4. The van der Waals surface area contributed by atoms with Crippen LogP contribution in [0.15, 0.2) is 30.6 Å². The van der Waals surface area contributed by atoms with E-state index in [9.17, 15) is 0 Å². The molecule has 0 radical (unpaired) electrons. The molecule has 1 saturated heterocycles. The number of halogens is 1. The van der Waals surface area contributed by atoms with E-state index in [-0.39, 0.29) is 0 Å². The van der Waals surface area contributed by atoms with Gasteiger partial charge in [-0.25, -0.2) is 9.97 Å². The van der Waals surface area contributed by atoms with Crippen molar-refractivity contribution in [2.75, 3.05) is 23.3 Å². The first kappa shape index (κ1) is 15.1. The third-order valence-electron chi connectivity index (χ3n) is 4.08. The number of aryl methyl sites for hydroxylation is 1. The van der Waals surface area contributed by atoms with E-state index in [0.717, 1.165) is 46.9 Å². The number of benzene rings is 1. The van der Waals surface area contributed by atoms with Crippen molar-refractivity contribution in [1.29, 1.82) is 0 Å². The predicted octanol–water partition coefficient (Wildman–Crippen LogP) is 4.42. The molecule has 0 saturated carbocycles. The van der Waals surface area contributed by atoms with E-state index in [1.54, 1.807) is 6.33 Å². The van der Waals surface area contributed by atoms with E-state index in [1.165, 1.54) is 12.8 Å². The average Bonchev–Trinajstić information content (AvgIpc) is 2.50. The summed E-state index contributed by atoms with van der Waals surface area (Å²) in [7, 11) is 0. The second-order valence-corrected chi connectivity index (χ2v) is 6.48. The minimum atomic E-state index is 0.721. The third-order valence-corrected chi connectivity index (χ3v) is 4.32. The van der Waals surface area contributed by atoms with Crippen molar-refractivity contribution in [3.05, 3.63) is 41.2 Å². The molecule has 116 valence electrons. The van der Waals surface area contributed by atoms with Gasteiger partial charge in [0, 0.05) is 29.9 Å². The van der Waals surface area contributed by atoms with Gasteiger partial charge in [0.15, 0.2) is 0 Å². The van der Waals surface area contributed by atoms with E-state index in [0.29, 0.717) is 0 Å². The number of hydrogen-bond donors (Lipinski definition) is 1. The molecule has 2 heterocycles. The van der Waals surface area contributed by atoms with E-state index in [4.69, 9.17) is 11.6 Å². The Balaban J connectivity index is 1.79. The van der Waals surface area contributed by atoms with Gasteiger partial charge in [-0.1, -0.05) is 18.5 Å². The van der Waals surface area contributed by atoms with Crippen LogP contribution in [-0.4, -0.2) is 23.1 Å². The summed E-state index contributed by atoms with van der Waals surface area (Å²) in [6.07, 6.45) is 4.16. The standard InChI is InChI=1S/C17H21ClN4/c1-12-4-3-7-22(10-12)17-9-16(19-11-20-17)21-15-6-5-14(18)8-13(15)2/h5-6,8-9,11-12H,3-4,7,10H2,1-2H3,(H,19,20,21). The molecule has 0 spiro atoms. The lowest BCUT2D eigenvalue weighted by Gasteiger charge is -2.31. The van der Waals surface area contributed by atoms with Gasteiger partial charge in [-0.2, -0.15) is 0 Å². The fraction of sp³-hybridized carbons (Fsp3) is 0.412. The summed E-state index contributed by atoms with van der Waals surface area (Å²) in [6.45, 7) is 6.46. The van der Waals surface area contributed by atoms with Crippen LogP contribution < -0.4 is 10.2 Å². The molecule has 1 N–H and O–H groups in total. The first-order valence-corrected chi connectivity index (χ1v) is 8.10. The minimum absolute atomic E-state index is 0.721. The second kappa shape index (κ2) is 6.53. The molecule has 1 aromatic heterocycles. The largest absolute Gasteiger partial charge is 0.356 e. The van der Waals surface area contributed by atoms with Gasteiger partial charge in [0.2, 0.25) is 0 Å². The Bertz CT molecular complexity index is 659. The molecule has 3 rings (SSSR count). The highest BCUT2D eigenvalue weighted by Gasteiger charge is 2.18. The molecule has 1 aliphatic rings. The van der Waals surface area contributed by atoms with Gasteiger partial charge in [0.1, 0.15) is 18.0 Å². The molecule has 1 atom stereocenters. The highest BCUT2D eigenvalue weighted by atomic mass is 35.5. The monoisotopic (exact) mass is 316 g/mol. The van der Waals surface area contributed by atoms with Crippen molar-refractivity contribution in [3.63, 3.8) is 0 Å². The van der Waals surface area contributed by atoms with Gasteiger partial charge < -0.3 is 10.2 Å². The molecule has 0 bridgehead atoms. The number of aromatic nitrogens is 2. The third kappa shape index (κ3) is 3.50. The molecule has 1 aromatic carbocycles. The summed E-state index contributed by atoms with van der Waals surface area (Å²) in [6, 6.07) is 7.82. The highest BCUT2D eigenvalue weighted by molar-refractivity contribution is 6.30. The van der Waals surface area contributed by atoms with Gasteiger partial charge >= 0.3 is 0 Å². The Morgan fingerprint density at radius 3 is 2.91 bits per heavy atom. The maximum Gasteiger partial charge on any atom is 0.135 e. The van der Waals surface area contributed by atoms with Gasteiger partial charge in [-0.05, 0) is 49.4 Å². The Hall–Kier alpha value is -1.81. The van der Waals surface area contributed by atoms with Crippen molar-refractivity contribution in [3.8, 4) is 0 Å². The van der Waals surface area contributed by atoms with Crippen LogP contribution >= 0.6 is 11.6 Å². The number of piperidine rings is 1. The fourth-order valence-corrected chi connectivity index (χ4v) is 3.12. The lowest BCUT2D eigenvalue weighted by atomic mass is 10.0. The van der Waals surface area contributed by atoms with Crippen molar-refractivity contribution in [1.82, 2.24) is 9.97 Å². The van der Waals surface area contributed by atoms with Gasteiger partial charge in [0.25, 0.3) is 0 Å². The van der Waals surface area contributed by atoms with Crippen molar-refractivity contribution >= 4 is 28.9 Å². The van der Waals surface area contributed by atoms with Crippen molar-refractivity contribution in [2.24, 2.45) is 5.92 Å². The highest BCUT2D eigenvalue weighted by Crippen LogP contribution is 2.25. The Labute approximate surface area is 136 Å². The normalized spacial score (nSPS) is 18.3. The van der Waals surface area contributed by atoms with Crippen LogP contribution in [0.1, 0.15) is 25.3 Å². The molecule has 22 heavy (non-hydrogen) atoms. The van der Waals surface area contributed by atoms with Crippen LogP contribution in [0.4, 0.5) is 17.3 Å². The van der Waals surface area contributed by atoms with Crippen molar-refractivity contribution in [2.45, 2.75) is 26.7 Å². The van der Waals surface area contributed by atoms with Gasteiger partial charge in [0.05, 0.1) is 0 Å². The Kier molecular flexibility index (Phi) is 4.48. The molecule has 4 nitrogen and oxygen atoms in total. The lowest BCUT2D eigenvalue weighted by Crippen LogP contribution is -2.34. The summed E-state index contributed by atoms with van der Waals surface area (Å²) in [5.74, 6) is 2.53. The molecule has 2 aromatic rings. The van der Waals surface area contributed by atoms with Gasteiger partial charge in [-0.15, -0.1) is 0 Å². The van der Waals surface area contributed by atoms with Crippen LogP contribution in [-0.2, 0) is 0 Å². The summed E-state index contributed by atoms with van der Waals surface area (Å²) in [5.41, 5.74) is 2.11. The van der Waals surface area contributed by atoms with Crippen LogP contribution in [0.3, 0.4) is 0 Å². The molecule has 5 heteroatoms. The smallest absolute Gasteiger partial charge is 0.135 e. The first-order chi connectivity index (χ1) is 10.6. The number of rotatable bonds is 3. The van der Waals surface area contributed by atoms with E-state index < -0.39 is 0 Å². The van der Waals surface area contributed by atoms with Crippen LogP contribution in [0.2, 0.25) is 5.02 Å². The Morgan fingerprint density at radius 1 is 1.27 bits per heavy atom. The minimum Gasteiger partial charge on any atom is -0.356 e. The zero-order valence-corrected chi connectivity index (χ0v) is 13.8. The van der Waals surface area contributed by atoms with Crippen LogP contribution in [0.5, 0.6) is 0 Å². The van der Waals surface area contributed by atoms with E-state index in [2.05, 4.69) is 27.1 Å². The average molecular weight is 317 g/mol. The molecule has 1 unspecified atom stereocenters. The number of nitrogens with one attached hydrogen (secondary N) is 1. The van der Waals surface area contributed by atoms with Crippen LogP contribution in [0, 0.1) is 12.8 Å². The maximum atomic E-state index is 6.00. The van der Waals surface area contributed by atoms with E-state index >= 15 is 0 Å². The second-order valence-electron chi connectivity index (χ2n) is 6.04. The molecule has 0 amide bonds. The molecule has 1 fully saturated rings. The zero-order chi connectivity index (χ0) is 15.5. The SMILES string of the molecule is Cc1cc(Cl)ccc1Nc1cc(N2CCCC(C)C2)ncn1. The van der Waals surface area contributed by atoms with Gasteiger partial charge in [-0.3, -0.25) is 0 Å². The predicted molar refractivity (Wildman–Crippen MR) is 92.1 cm³/mol. The topological polar surface area (TPSA) is 41.0 Å². The number of hydrogen-bond acceptors (Lipinski definition) is 4. The number of anilines is 3. The summed E-state index contributed by atoms with van der Waals surface area (Å²) < 4.78 is 0. The summed E-state index contributed by atoms with van der Waals surface area (Å²) in [5, 5.41) is 4.10. The van der Waals surface area contributed by atoms with Crippen molar-refractivity contribution < 1.29 is 0 Å². The Morgan fingerprint density at radius 2 is 2.14 bits per heavy atom. The maximum absolute atomic E-state index is 6.00. The summed E-state index contributed by atoms with van der Waals surface area (Å²) >= 11 is 6.00. The zero-order valence-electron chi connectivity index (χ0n) is 13.0. The fourth-order valence-electron chi connectivity index (χ4n) is 2.89. The number of nitrogens with zero attached hydrogens (tertiary/aromatic N) is 3. The molecule has 1 aliphatic heterocycles. The first-order valence-electron chi connectivity index (χ1n) is 7.72. The summed E-state index contributed by atoms with van der Waals surface area (Å²) in [4.78, 5) is 11.1.